The number of nitrogens with two attached hydrogens (primary N) is 1. The first-order valence-electron chi connectivity index (χ1n) is 6.72. The molecule has 2 aromatic carbocycles. The lowest BCUT2D eigenvalue weighted by molar-refractivity contribution is 0.0988. The molecule has 3 N–H and O–H groups in total. The van der Waals surface area contributed by atoms with Gasteiger partial charge in [-0.15, -0.1) is 0 Å². The molecule has 0 aromatic heterocycles. The summed E-state index contributed by atoms with van der Waals surface area (Å²) >= 11 is 0. The van der Waals surface area contributed by atoms with Gasteiger partial charge in [-0.3, -0.25) is 10.6 Å². The molecule has 21 heavy (non-hydrogen) atoms. The van der Waals surface area contributed by atoms with E-state index in [4.69, 9.17) is 5.84 Å². The Kier molecular flexibility index (Phi) is 4.55. The SMILES string of the molecule is CCN(C(=O)c1ccc(C)cc1NN)c1ccccc1F. The summed E-state index contributed by atoms with van der Waals surface area (Å²) in [6.45, 7) is 4.06. The Bertz CT molecular complexity index is 658. The Morgan fingerprint density at radius 3 is 2.62 bits per heavy atom. The molecule has 0 heterocycles. The number of hydrogen-bond acceptors (Lipinski definition) is 3. The number of nitrogens with zero attached hydrogens (tertiary/aromatic N) is 1. The van der Waals surface area contributed by atoms with Gasteiger partial charge in [-0.05, 0) is 43.7 Å². The van der Waals surface area contributed by atoms with Crippen molar-refractivity contribution in [2.75, 3.05) is 16.9 Å². The number of nitrogens with one attached hydrogen (secondary N) is 1. The van der Waals surface area contributed by atoms with E-state index < -0.39 is 5.82 Å². The van der Waals surface area contributed by atoms with E-state index in [1.54, 1.807) is 37.3 Å². The molecule has 5 heteroatoms. The number of benzene rings is 2. The number of nitrogen functional groups attached to an aromatic ring is 1. The van der Waals surface area contributed by atoms with Gasteiger partial charge in [0, 0.05) is 6.54 Å². The minimum Gasteiger partial charge on any atom is -0.323 e. The van der Waals surface area contributed by atoms with E-state index in [-0.39, 0.29) is 11.6 Å². The van der Waals surface area contributed by atoms with Crippen molar-refractivity contribution >= 4 is 17.3 Å². The molecule has 0 aliphatic heterocycles. The van der Waals surface area contributed by atoms with Crippen molar-refractivity contribution in [1.29, 1.82) is 0 Å². The minimum atomic E-state index is -0.429. The molecule has 0 radical (unpaired) electrons. The number of hydrogen-bond donors (Lipinski definition) is 2. The third-order valence-electron chi connectivity index (χ3n) is 3.27. The zero-order chi connectivity index (χ0) is 15.4. The third-order valence-corrected chi connectivity index (χ3v) is 3.27. The van der Waals surface area contributed by atoms with E-state index in [0.717, 1.165) is 5.56 Å². The fraction of sp³-hybridized carbons (Fsp3) is 0.188. The zero-order valence-electron chi connectivity index (χ0n) is 12.1. The van der Waals surface area contributed by atoms with Crippen molar-refractivity contribution in [2.24, 2.45) is 5.84 Å². The number of carbonyl (C=O) groups is 1. The lowest BCUT2D eigenvalue weighted by atomic mass is 10.1. The molecule has 0 aliphatic carbocycles. The van der Waals surface area contributed by atoms with Crippen LogP contribution in [0.3, 0.4) is 0 Å². The average Bonchev–Trinajstić information content (AvgIpc) is 2.49. The first kappa shape index (κ1) is 15.0. The number of hydrazine groups is 1. The Labute approximate surface area is 123 Å². The van der Waals surface area contributed by atoms with Crippen LogP contribution >= 0.6 is 0 Å². The van der Waals surface area contributed by atoms with Gasteiger partial charge in [-0.1, -0.05) is 18.2 Å². The normalized spacial score (nSPS) is 10.3. The molecule has 0 atom stereocenters. The predicted molar refractivity (Wildman–Crippen MR) is 82.7 cm³/mol. The number of aryl methyl sites for hydroxylation is 1. The topological polar surface area (TPSA) is 58.4 Å². The summed E-state index contributed by atoms with van der Waals surface area (Å²) in [4.78, 5) is 14.1. The Morgan fingerprint density at radius 2 is 2.00 bits per heavy atom. The molecular weight excluding hydrogens is 269 g/mol. The second-order valence-electron chi connectivity index (χ2n) is 4.69. The maximum atomic E-state index is 13.9. The Balaban J connectivity index is 2.44. The van der Waals surface area contributed by atoms with Crippen molar-refractivity contribution in [1.82, 2.24) is 0 Å². The number of para-hydroxylation sites is 1. The molecule has 1 amide bonds. The van der Waals surface area contributed by atoms with Gasteiger partial charge < -0.3 is 10.3 Å². The molecule has 4 nitrogen and oxygen atoms in total. The second-order valence-corrected chi connectivity index (χ2v) is 4.69. The van der Waals surface area contributed by atoms with Crippen LogP contribution in [0.4, 0.5) is 15.8 Å². The summed E-state index contributed by atoms with van der Waals surface area (Å²) in [5, 5.41) is 0. The summed E-state index contributed by atoms with van der Waals surface area (Å²) in [7, 11) is 0. The molecule has 0 spiro atoms. The van der Waals surface area contributed by atoms with Gasteiger partial charge in [0.15, 0.2) is 0 Å². The first-order valence-corrected chi connectivity index (χ1v) is 6.72. The lowest BCUT2D eigenvalue weighted by Gasteiger charge is -2.23. The highest BCUT2D eigenvalue weighted by Gasteiger charge is 2.21. The molecule has 0 aliphatic rings. The van der Waals surface area contributed by atoms with Crippen LogP contribution in [0.5, 0.6) is 0 Å². The van der Waals surface area contributed by atoms with Crippen LogP contribution in [0, 0.1) is 12.7 Å². The van der Waals surface area contributed by atoms with Gasteiger partial charge in [-0.2, -0.15) is 0 Å². The van der Waals surface area contributed by atoms with Crippen molar-refractivity contribution in [3.63, 3.8) is 0 Å². The average molecular weight is 287 g/mol. The van der Waals surface area contributed by atoms with Gasteiger partial charge in [0.1, 0.15) is 5.82 Å². The van der Waals surface area contributed by atoms with E-state index in [1.807, 2.05) is 13.0 Å². The van der Waals surface area contributed by atoms with Crippen molar-refractivity contribution < 1.29 is 9.18 Å². The van der Waals surface area contributed by atoms with Crippen LogP contribution < -0.4 is 16.2 Å². The largest absolute Gasteiger partial charge is 0.323 e. The molecule has 110 valence electrons. The fourth-order valence-corrected chi connectivity index (χ4v) is 2.20. The quantitative estimate of drug-likeness (QED) is 0.671. The van der Waals surface area contributed by atoms with E-state index in [0.29, 0.717) is 17.8 Å². The van der Waals surface area contributed by atoms with Crippen LogP contribution in [-0.2, 0) is 0 Å². The number of carbonyl (C=O) groups excluding carboxylic acids is 1. The lowest BCUT2D eigenvalue weighted by Crippen LogP contribution is -2.32. The highest BCUT2D eigenvalue weighted by molar-refractivity contribution is 6.09. The second kappa shape index (κ2) is 6.37. The molecule has 2 aromatic rings. The van der Waals surface area contributed by atoms with Gasteiger partial charge in [0.2, 0.25) is 0 Å². The van der Waals surface area contributed by atoms with Crippen molar-refractivity contribution in [2.45, 2.75) is 13.8 Å². The zero-order valence-corrected chi connectivity index (χ0v) is 12.1. The number of amides is 1. The molecule has 0 saturated heterocycles. The highest BCUT2D eigenvalue weighted by atomic mass is 19.1. The van der Waals surface area contributed by atoms with Gasteiger partial charge in [0.25, 0.3) is 5.91 Å². The molecule has 2 rings (SSSR count). The monoisotopic (exact) mass is 287 g/mol. The fourth-order valence-electron chi connectivity index (χ4n) is 2.20. The number of anilines is 2. The predicted octanol–water partition coefficient (Wildman–Crippen LogP) is 3.09. The van der Waals surface area contributed by atoms with E-state index in [2.05, 4.69) is 5.43 Å². The molecule has 0 fully saturated rings. The highest BCUT2D eigenvalue weighted by Crippen LogP contribution is 2.24. The molecule has 0 bridgehead atoms. The summed E-state index contributed by atoms with van der Waals surface area (Å²) in [5.74, 6) is 4.75. The number of rotatable bonds is 4. The van der Waals surface area contributed by atoms with Gasteiger partial charge in [0.05, 0.1) is 16.9 Å². The van der Waals surface area contributed by atoms with Crippen LogP contribution in [0.2, 0.25) is 0 Å². The van der Waals surface area contributed by atoms with Crippen molar-refractivity contribution in [3.05, 3.63) is 59.4 Å². The van der Waals surface area contributed by atoms with Crippen LogP contribution in [-0.4, -0.2) is 12.5 Å². The summed E-state index contributed by atoms with van der Waals surface area (Å²) < 4.78 is 13.9. The molecule has 0 unspecified atom stereocenters. The standard InChI is InChI=1S/C16H18FN3O/c1-3-20(15-7-5-4-6-13(15)17)16(21)12-9-8-11(2)10-14(12)19-18/h4-10,19H,3,18H2,1-2H3. The summed E-state index contributed by atoms with van der Waals surface area (Å²) in [5.41, 5.74) is 4.69. The van der Waals surface area contributed by atoms with Crippen LogP contribution in [0.25, 0.3) is 0 Å². The van der Waals surface area contributed by atoms with E-state index >= 15 is 0 Å². The van der Waals surface area contributed by atoms with Gasteiger partial charge in [-0.25, -0.2) is 4.39 Å². The number of halogens is 1. The van der Waals surface area contributed by atoms with Crippen LogP contribution in [0.15, 0.2) is 42.5 Å². The maximum absolute atomic E-state index is 13.9. The molecule has 0 saturated carbocycles. The smallest absolute Gasteiger partial charge is 0.260 e. The summed E-state index contributed by atoms with van der Waals surface area (Å²) in [6, 6.07) is 11.5. The maximum Gasteiger partial charge on any atom is 0.260 e. The van der Waals surface area contributed by atoms with E-state index in [9.17, 15) is 9.18 Å². The minimum absolute atomic E-state index is 0.258. The van der Waals surface area contributed by atoms with Crippen molar-refractivity contribution in [3.8, 4) is 0 Å². The Morgan fingerprint density at radius 1 is 1.29 bits per heavy atom. The summed E-state index contributed by atoms with van der Waals surface area (Å²) in [6.07, 6.45) is 0. The van der Waals surface area contributed by atoms with Crippen LogP contribution in [0.1, 0.15) is 22.8 Å². The molecular formula is C16H18FN3O. The Hall–Kier alpha value is -2.40. The van der Waals surface area contributed by atoms with E-state index in [1.165, 1.54) is 11.0 Å². The van der Waals surface area contributed by atoms with Gasteiger partial charge >= 0.3 is 0 Å². The first-order chi connectivity index (χ1) is 10.1. The third kappa shape index (κ3) is 3.03.